The van der Waals surface area contributed by atoms with Crippen LogP contribution in [0.3, 0.4) is 0 Å². The Balaban J connectivity index is 1.51. The zero-order chi connectivity index (χ0) is 22.7. The Hall–Kier alpha value is -3.38. The van der Waals surface area contributed by atoms with E-state index in [9.17, 15) is 10.4 Å². The van der Waals surface area contributed by atoms with Crippen LogP contribution in [0.15, 0.2) is 30.5 Å². The summed E-state index contributed by atoms with van der Waals surface area (Å²) in [5.41, 5.74) is 3.03. The molecule has 1 aromatic carbocycles. The van der Waals surface area contributed by atoms with E-state index in [2.05, 4.69) is 50.7 Å². The van der Waals surface area contributed by atoms with Crippen LogP contribution in [0.2, 0.25) is 0 Å². The van der Waals surface area contributed by atoms with Gasteiger partial charge in [0.05, 0.1) is 29.2 Å². The smallest absolute Gasteiger partial charge is 0.223 e. The highest BCUT2D eigenvalue weighted by Crippen LogP contribution is 2.40. The molecule has 2 N–H and O–H groups in total. The summed E-state index contributed by atoms with van der Waals surface area (Å²) in [5.74, 6) is 1.57. The van der Waals surface area contributed by atoms with Crippen LogP contribution >= 0.6 is 0 Å². The second-order valence-electron chi connectivity index (χ2n) is 9.14. The molecule has 1 aliphatic rings. The Morgan fingerprint density at radius 1 is 1.28 bits per heavy atom. The van der Waals surface area contributed by atoms with Crippen LogP contribution in [0, 0.1) is 29.6 Å². The molecule has 1 fully saturated rings. The van der Waals surface area contributed by atoms with Crippen LogP contribution in [0.1, 0.15) is 55.8 Å². The Morgan fingerprint density at radius 2 is 2.09 bits per heavy atom. The van der Waals surface area contributed by atoms with Crippen molar-refractivity contribution in [3.8, 4) is 11.8 Å². The largest absolute Gasteiger partial charge is 0.393 e. The number of anilines is 1. The molecule has 2 aromatic heterocycles. The standard InChI is InChI=1S/C23H28N8O/c1-15-28-29-30-31(15)20-7-5-4-6-17(20)13-25-22-26-14-18(12-24)19(27-22)10-16-8-9-21(32)23(2,3)11-16/h4-7,14,16,21,32H,8-11,13H2,1-3H3,(H,25,26,27)/t16-,21-/m0/s1. The van der Waals surface area contributed by atoms with Gasteiger partial charge in [-0.2, -0.15) is 9.94 Å². The molecule has 166 valence electrons. The van der Waals surface area contributed by atoms with E-state index in [1.54, 1.807) is 10.9 Å². The van der Waals surface area contributed by atoms with Gasteiger partial charge in [0.15, 0.2) is 5.82 Å². The van der Waals surface area contributed by atoms with Crippen LogP contribution < -0.4 is 5.32 Å². The first-order chi connectivity index (χ1) is 15.4. The van der Waals surface area contributed by atoms with E-state index in [0.29, 0.717) is 36.2 Å². The third kappa shape index (κ3) is 4.60. The zero-order valence-corrected chi connectivity index (χ0v) is 18.7. The molecule has 32 heavy (non-hydrogen) atoms. The summed E-state index contributed by atoms with van der Waals surface area (Å²) in [6, 6.07) is 10.1. The lowest BCUT2D eigenvalue weighted by Gasteiger charge is -2.39. The predicted molar refractivity (Wildman–Crippen MR) is 119 cm³/mol. The molecular weight excluding hydrogens is 404 g/mol. The highest BCUT2D eigenvalue weighted by molar-refractivity contribution is 5.43. The lowest BCUT2D eigenvalue weighted by atomic mass is 9.69. The van der Waals surface area contributed by atoms with Crippen molar-refractivity contribution >= 4 is 5.95 Å². The Labute approximate surface area is 187 Å². The van der Waals surface area contributed by atoms with E-state index in [1.807, 2.05) is 31.2 Å². The van der Waals surface area contributed by atoms with Crippen LogP contribution in [-0.4, -0.2) is 41.4 Å². The summed E-state index contributed by atoms with van der Waals surface area (Å²) >= 11 is 0. The molecule has 0 radical (unpaired) electrons. The zero-order valence-electron chi connectivity index (χ0n) is 18.7. The second-order valence-corrected chi connectivity index (χ2v) is 9.14. The fourth-order valence-electron chi connectivity index (χ4n) is 4.46. The van der Waals surface area contributed by atoms with E-state index >= 15 is 0 Å². The van der Waals surface area contributed by atoms with Crippen LogP contribution in [0.4, 0.5) is 5.95 Å². The normalized spacial score (nSPS) is 20.0. The van der Waals surface area contributed by atoms with Gasteiger partial charge in [0.1, 0.15) is 6.07 Å². The monoisotopic (exact) mass is 432 g/mol. The second kappa shape index (κ2) is 9.01. The number of hydrogen-bond donors (Lipinski definition) is 2. The maximum Gasteiger partial charge on any atom is 0.223 e. The number of tetrazole rings is 1. The number of aryl methyl sites for hydroxylation is 1. The Morgan fingerprint density at radius 3 is 2.81 bits per heavy atom. The lowest BCUT2D eigenvalue weighted by Crippen LogP contribution is -2.37. The Kier molecular flexibility index (Phi) is 6.15. The number of hydrogen-bond acceptors (Lipinski definition) is 8. The molecule has 1 saturated carbocycles. The van der Waals surface area contributed by atoms with Crippen molar-refractivity contribution in [2.45, 2.75) is 59.1 Å². The van der Waals surface area contributed by atoms with E-state index in [0.717, 1.165) is 36.2 Å². The van der Waals surface area contributed by atoms with Crippen LogP contribution in [0.25, 0.3) is 5.69 Å². The summed E-state index contributed by atoms with van der Waals surface area (Å²) in [7, 11) is 0. The minimum atomic E-state index is -0.277. The third-order valence-electron chi connectivity index (χ3n) is 6.32. The average molecular weight is 433 g/mol. The van der Waals surface area contributed by atoms with Crippen LogP contribution in [0.5, 0.6) is 0 Å². The lowest BCUT2D eigenvalue weighted by molar-refractivity contribution is -0.00748. The van der Waals surface area contributed by atoms with E-state index in [-0.39, 0.29) is 11.5 Å². The summed E-state index contributed by atoms with van der Waals surface area (Å²) in [4.78, 5) is 9.01. The topological polar surface area (TPSA) is 125 Å². The molecule has 1 aliphatic carbocycles. The maximum atomic E-state index is 10.2. The van der Waals surface area contributed by atoms with Crippen molar-refractivity contribution in [3.05, 3.63) is 53.1 Å². The molecule has 0 unspecified atom stereocenters. The molecule has 2 atom stereocenters. The predicted octanol–water partition coefficient (Wildman–Crippen LogP) is 2.97. The van der Waals surface area contributed by atoms with Crippen molar-refractivity contribution in [2.75, 3.05) is 5.32 Å². The number of aromatic nitrogens is 6. The van der Waals surface area contributed by atoms with Crippen molar-refractivity contribution in [1.29, 1.82) is 5.26 Å². The third-order valence-corrected chi connectivity index (χ3v) is 6.32. The highest BCUT2D eigenvalue weighted by atomic mass is 16.3. The number of aliphatic hydroxyl groups is 1. The van der Waals surface area contributed by atoms with Gasteiger partial charge in [-0.25, -0.2) is 9.97 Å². The molecule has 3 aromatic rings. The first-order valence-corrected chi connectivity index (χ1v) is 10.9. The molecule has 9 nitrogen and oxygen atoms in total. The van der Waals surface area contributed by atoms with Gasteiger partial charge in [-0.15, -0.1) is 5.10 Å². The van der Waals surface area contributed by atoms with Gasteiger partial charge in [0, 0.05) is 6.54 Å². The van der Waals surface area contributed by atoms with Gasteiger partial charge in [-0.05, 0) is 66.0 Å². The van der Waals surface area contributed by atoms with Crippen molar-refractivity contribution in [1.82, 2.24) is 30.2 Å². The summed E-state index contributed by atoms with van der Waals surface area (Å²) in [5, 5.41) is 34.8. The number of para-hydroxylation sites is 1. The molecule has 0 spiro atoms. The first kappa shape index (κ1) is 21.8. The number of benzene rings is 1. The number of aliphatic hydroxyl groups excluding tert-OH is 1. The van der Waals surface area contributed by atoms with Crippen LogP contribution in [-0.2, 0) is 13.0 Å². The van der Waals surface area contributed by atoms with E-state index < -0.39 is 0 Å². The van der Waals surface area contributed by atoms with Gasteiger partial charge in [0.25, 0.3) is 0 Å². The molecule has 0 saturated heterocycles. The molecule has 0 bridgehead atoms. The Bertz CT molecular complexity index is 1130. The van der Waals surface area contributed by atoms with Gasteiger partial charge in [0.2, 0.25) is 5.95 Å². The van der Waals surface area contributed by atoms with Crippen molar-refractivity contribution in [2.24, 2.45) is 11.3 Å². The summed E-state index contributed by atoms with van der Waals surface area (Å²) < 4.78 is 1.70. The van der Waals surface area contributed by atoms with Gasteiger partial charge in [-0.1, -0.05) is 32.0 Å². The van der Waals surface area contributed by atoms with Gasteiger partial charge in [-0.3, -0.25) is 0 Å². The molecule has 0 amide bonds. The number of nitrogens with zero attached hydrogens (tertiary/aromatic N) is 7. The highest BCUT2D eigenvalue weighted by Gasteiger charge is 2.35. The maximum absolute atomic E-state index is 10.2. The molecule has 4 rings (SSSR count). The van der Waals surface area contributed by atoms with Gasteiger partial charge >= 0.3 is 0 Å². The average Bonchev–Trinajstić information content (AvgIpc) is 3.20. The summed E-state index contributed by atoms with van der Waals surface area (Å²) in [6.07, 6.45) is 4.64. The SMILES string of the molecule is Cc1nnnn1-c1ccccc1CNc1ncc(C#N)c(C[C@@H]2CC[C@H](O)C(C)(C)C2)n1. The molecule has 0 aliphatic heterocycles. The first-order valence-electron chi connectivity index (χ1n) is 10.9. The molecule has 9 heteroatoms. The summed E-state index contributed by atoms with van der Waals surface area (Å²) in [6.45, 7) is 6.55. The number of nitrogens with one attached hydrogen (secondary N) is 1. The molecular formula is C23H28N8O. The van der Waals surface area contributed by atoms with E-state index in [1.165, 1.54) is 0 Å². The van der Waals surface area contributed by atoms with E-state index in [4.69, 9.17) is 0 Å². The fourth-order valence-corrected chi connectivity index (χ4v) is 4.46. The van der Waals surface area contributed by atoms with Gasteiger partial charge < -0.3 is 10.4 Å². The quantitative estimate of drug-likeness (QED) is 0.609. The number of nitriles is 1. The van der Waals surface area contributed by atoms with Crippen molar-refractivity contribution in [3.63, 3.8) is 0 Å². The van der Waals surface area contributed by atoms with Crippen molar-refractivity contribution < 1.29 is 5.11 Å². The minimum Gasteiger partial charge on any atom is -0.393 e. The fraction of sp³-hybridized carbons (Fsp3) is 0.478. The molecule has 2 heterocycles. The minimum absolute atomic E-state index is 0.123. The number of rotatable bonds is 6.